The van der Waals surface area contributed by atoms with Gasteiger partial charge in [0, 0.05) is 30.7 Å². The highest BCUT2D eigenvalue weighted by molar-refractivity contribution is 7.89. The van der Waals surface area contributed by atoms with E-state index in [0.717, 1.165) is 22.6 Å². The van der Waals surface area contributed by atoms with Crippen molar-refractivity contribution < 1.29 is 39.9 Å². The van der Waals surface area contributed by atoms with Crippen molar-refractivity contribution in [3.05, 3.63) is 89.5 Å². The summed E-state index contributed by atoms with van der Waals surface area (Å²) in [4.78, 5) is 16.3. The van der Waals surface area contributed by atoms with Crippen LogP contribution in [0, 0.1) is 5.82 Å². The van der Waals surface area contributed by atoms with E-state index in [1.54, 1.807) is 24.3 Å². The van der Waals surface area contributed by atoms with Gasteiger partial charge in [0.25, 0.3) is 10.0 Å². The lowest BCUT2D eigenvalue weighted by atomic mass is 10.2. The first-order valence-electron chi connectivity index (χ1n) is 12.2. The average molecular weight is 578 g/mol. The number of pyridine rings is 1. The molecule has 0 radical (unpaired) electrons. The van der Waals surface area contributed by atoms with Crippen molar-refractivity contribution in [1.29, 1.82) is 0 Å². The van der Waals surface area contributed by atoms with Gasteiger partial charge in [-0.05, 0) is 66.4 Å². The zero-order chi connectivity index (χ0) is 28.5. The Balaban J connectivity index is 1.22. The fraction of sp³-hybridized carbons (Fsp3) is 0.259. The van der Waals surface area contributed by atoms with E-state index in [-0.39, 0.29) is 35.9 Å². The van der Waals surface area contributed by atoms with Crippen LogP contribution in [0.3, 0.4) is 0 Å². The Labute approximate surface area is 226 Å². The fourth-order valence-corrected chi connectivity index (χ4v) is 6.07. The number of rotatable bonds is 8. The van der Waals surface area contributed by atoms with E-state index in [1.165, 1.54) is 24.3 Å². The van der Waals surface area contributed by atoms with Crippen molar-refractivity contribution in [3.63, 3.8) is 0 Å². The predicted octanol–water partition coefficient (Wildman–Crippen LogP) is 5.03. The smallest absolute Gasteiger partial charge is 0.433 e. The maximum absolute atomic E-state index is 13.5. The Morgan fingerprint density at radius 3 is 2.73 bits per heavy atom. The minimum Gasteiger partial charge on any atom is -0.489 e. The summed E-state index contributed by atoms with van der Waals surface area (Å²) in [6, 6.07) is 12.9. The van der Waals surface area contributed by atoms with Crippen LogP contribution in [0.15, 0.2) is 76.4 Å². The highest BCUT2D eigenvalue weighted by atomic mass is 32.2. The summed E-state index contributed by atoms with van der Waals surface area (Å²) in [5, 5.41) is 2.67. The SMILES string of the molecule is O=C(NCc1cccc(OCc2ccnc(C(F)(F)F)c2)c1)C1CCCN1S(=O)(=O)c1cc2cc(F)ccc2o1. The van der Waals surface area contributed by atoms with E-state index in [1.807, 2.05) is 0 Å². The summed E-state index contributed by atoms with van der Waals surface area (Å²) in [6.07, 6.45) is -2.71. The molecule has 3 heterocycles. The maximum Gasteiger partial charge on any atom is 0.433 e. The summed E-state index contributed by atoms with van der Waals surface area (Å²) in [7, 11) is -4.15. The first kappa shape index (κ1) is 27.6. The number of hydrogen-bond acceptors (Lipinski definition) is 6. The third-order valence-corrected chi connectivity index (χ3v) is 8.17. The van der Waals surface area contributed by atoms with Gasteiger partial charge < -0.3 is 14.5 Å². The number of alkyl halides is 3. The normalized spacial score (nSPS) is 16.4. The molecule has 5 rings (SSSR count). The van der Waals surface area contributed by atoms with Crippen LogP contribution >= 0.6 is 0 Å². The molecule has 1 fully saturated rings. The Morgan fingerprint density at radius 2 is 1.93 bits per heavy atom. The second-order valence-electron chi connectivity index (χ2n) is 9.22. The van der Waals surface area contributed by atoms with E-state index in [9.17, 15) is 30.8 Å². The van der Waals surface area contributed by atoms with Crippen LogP contribution in [0.2, 0.25) is 0 Å². The number of nitrogens with one attached hydrogen (secondary N) is 1. The number of hydrogen-bond donors (Lipinski definition) is 1. The van der Waals surface area contributed by atoms with Crippen LogP contribution in [-0.2, 0) is 34.1 Å². The molecular formula is C27H23F4N3O5S. The van der Waals surface area contributed by atoms with Gasteiger partial charge >= 0.3 is 6.18 Å². The van der Waals surface area contributed by atoms with Gasteiger partial charge in [-0.1, -0.05) is 12.1 Å². The van der Waals surface area contributed by atoms with E-state index >= 15 is 0 Å². The molecule has 4 aromatic rings. The lowest BCUT2D eigenvalue weighted by molar-refractivity contribution is -0.141. The second kappa shape index (κ2) is 10.9. The first-order valence-corrected chi connectivity index (χ1v) is 13.7. The van der Waals surface area contributed by atoms with Crippen LogP contribution < -0.4 is 10.1 Å². The third-order valence-electron chi connectivity index (χ3n) is 6.41. The molecule has 40 heavy (non-hydrogen) atoms. The second-order valence-corrected chi connectivity index (χ2v) is 11.0. The van der Waals surface area contributed by atoms with E-state index in [0.29, 0.717) is 29.5 Å². The predicted molar refractivity (Wildman–Crippen MR) is 135 cm³/mol. The summed E-state index contributed by atoms with van der Waals surface area (Å²) in [6.45, 7) is 0.0722. The molecule has 8 nitrogen and oxygen atoms in total. The Bertz CT molecular complexity index is 1660. The van der Waals surface area contributed by atoms with Crippen LogP contribution in [0.4, 0.5) is 17.6 Å². The number of carbonyl (C=O) groups excluding carboxylic acids is 1. The minimum atomic E-state index is -4.56. The lowest BCUT2D eigenvalue weighted by Gasteiger charge is -2.22. The van der Waals surface area contributed by atoms with Gasteiger partial charge in [0.1, 0.15) is 35.5 Å². The van der Waals surface area contributed by atoms with Crippen LogP contribution in [0.25, 0.3) is 11.0 Å². The summed E-state index contributed by atoms with van der Waals surface area (Å²) in [5.41, 5.74) is 0.135. The van der Waals surface area contributed by atoms with Crippen molar-refractivity contribution in [3.8, 4) is 5.75 Å². The monoisotopic (exact) mass is 577 g/mol. The molecule has 0 saturated carbocycles. The van der Waals surface area contributed by atoms with Crippen LogP contribution in [0.1, 0.15) is 29.7 Å². The van der Waals surface area contributed by atoms with Gasteiger partial charge in [0.05, 0.1) is 0 Å². The number of amides is 1. The molecule has 1 N–H and O–H groups in total. The molecule has 1 saturated heterocycles. The summed E-state index contributed by atoms with van der Waals surface area (Å²) < 4.78 is 90.9. The average Bonchev–Trinajstić information content (AvgIpc) is 3.59. The molecule has 1 atom stereocenters. The molecule has 1 aliphatic rings. The lowest BCUT2D eigenvalue weighted by Crippen LogP contribution is -2.45. The Kier molecular flexibility index (Phi) is 7.51. The largest absolute Gasteiger partial charge is 0.489 e. The van der Waals surface area contributed by atoms with Gasteiger partial charge in [-0.3, -0.25) is 9.78 Å². The number of sulfonamides is 1. The van der Waals surface area contributed by atoms with E-state index < -0.39 is 39.7 Å². The molecule has 13 heteroatoms. The molecule has 1 unspecified atom stereocenters. The van der Waals surface area contributed by atoms with Crippen molar-refractivity contribution in [2.45, 2.75) is 43.3 Å². The number of furan rings is 1. The molecule has 210 valence electrons. The summed E-state index contributed by atoms with van der Waals surface area (Å²) >= 11 is 0. The zero-order valence-electron chi connectivity index (χ0n) is 20.8. The van der Waals surface area contributed by atoms with E-state index in [4.69, 9.17) is 9.15 Å². The fourth-order valence-electron chi connectivity index (χ4n) is 4.46. The number of ether oxygens (including phenoxy) is 1. The molecule has 0 spiro atoms. The minimum absolute atomic E-state index is 0.0673. The van der Waals surface area contributed by atoms with Gasteiger partial charge in [-0.15, -0.1) is 0 Å². The van der Waals surface area contributed by atoms with Gasteiger partial charge in [0.2, 0.25) is 11.0 Å². The van der Waals surface area contributed by atoms with E-state index in [2.05, 4.69) is 10.3 Å². The van der Waals surface area contributed by atoms with Gasteiger partial charge in [-0.2, -0.15) is 17.5 Å². The van der Waals surface area contributed by atoms with Crippen molar-refractivity contribution >= 4 is 26.9 Å². The first-order chi connectivity index (χ1) is 19.0. The summed E-state index contributed by atoms with van der Waals surface area (Å²) in [5.74, 6) is -0.646. The topological polar surface area (TPSA) is 102 Å². The Hall–Kier alpha value is -3.97. The number of benzene rings is 2. The van der Waals surface area contributed by atoms with Crippen molar-refractivity contribution in [2.24, 2.45) is 0 Å². The highest BCUT2D eigenvalue weighted by Gasteiger charge is 2.41. The van der Waals surface area contributed by atoms with Crippen molar-refractivity contribution in [1.82, 2.24) is 14.6 Å². The number of fused-ring (bicyclic) bond motifs is 1. The number of halogens is 4. The van der Waals surface area contributed by atoms with Crippen molar-refractivity contribution in [2.75, 3.05) is 6.54 Å². The van der Waals surface area contributed by atoms with Crippen LogP contribution in [0.5, 0.6) is 5.75 Å². The molecule has 2 aromatic heterocycles. The van der Waals surface area contributed by atoms with Gasteiger partial charge in [-0.25, -0.2) is 12.8 Å². The molecule has 2 aromatic carbocycles. The number of aromatic nitrogens is 1. The standard InChI is InChI=1S/C27H23F4N3O5S/c28-20-6-7-23-19(13-20)14-25(39-23)40(36,37)34-10-2-5-22(34)26(35)33-15-17-3-1-4-21(11-17)38-16-18-8-9-32-24(12-18)27(29,30)31/h1,3-4,6-9,11-14,22H,2,5,10,15-16H2,(H,33,35). The molecule has 1 aliphatic heterocycles. The number of carbonyl (C=O) groups is 1. The van der Waals surface area contributed by atoms with Crippen LogP contribution in [-0.4, -0.2) is 36.2 Å². The molecule has 0 aliphatic carbocycles. The highest BCUT2D eigenvalue weighted by Crippen LogP contribution is 2.31. The third kappa shape index (κ3) is 5.94. The Morgan fingerprint density at radius 1 is 1.10 bits per heavy atom. The van der Waals surface area contributed by atoms with Gasteiger partial charge in [0.15, 0.2) is 0 Å². The maximum atomic E-state index is 13.5. The molecule has 1 amide bonds. The molecule has 0 bridgehead atoms. The molecular weight excluding hydrogens is 554 g/mol. The number of nitrogens with zero attached hydrogens (tertiary/aromatic N) is 2. The zero-order valence-corrected chi connectivity index (χ0v) is 21.6. The quantitative estimate of drug-likeness (QED) is 0.295.